The van der Waals surface area contributed by atoms with Crippen molar-refractivity contribution in [2.75, 3.05) is 25.3 Å². The average Bonchev–Trinajstić information content (AvgIpc) is 2.70. The molecule has 0 spiro atoms. The maximum atomic E-state index is 12.3. The van der Waals surface area contributed by atoms with Gasteiger partial charge in [-0.1, -0.05) is 32.9 Å². The van der Waals surface area contributed by atoms with Crippen LogP contribution in [-0.4, -0.2) is 37.8 Å². The van der Waals surface area contributed by atoms with Crippen molar-refractivity contribution in [2.24, 2.45) is 0 Å². The van der Waals surface area contributed by atoms with E-state index in [2.05, 4.69) is 38.2 Å². The number of hydrogen-bond donors (Lipinski definition) is 1. The molecule has 0 atom stereocenters. The zero-order chi connectivity index (χ0) is 21.6. The molecule has 1 amide bonds. The van der Waals surface area contributed by atoms with Crippen LogP contribution in [0.25, 0.3) is 0 Å². The van der Waals surface area contributed by atoms with Crippen molar-refractivity contribution >= 4 is 35.3 Å². The zero-order valence-corrected chi connectivity index (χ0v) is 18.0. The van der Waals surface area contributed by atoms with E-state index in [0.717, 1.165) is 4.90 Å². The Morgan fingerprint density at radius 3 is 1.86 bits per heavy atom. The number of ether oxygens (including phenoxy) is 2. The number of esters is 2. The van der Waals surface area contributed by atoms with Gasteiger partial charge in [-0.05, 0) is 41.3 Å². The molecular weight excluding hydrogens is 390 g/mol. The lowest BCUT2D eigenvalue weighted by Gasteiger charge is -2.19. The summed E-state index contributed by atoms with van der Waals surface area (Å²) in [6, 6.07) is 12.4. The summed E-state index contributed by atoms with van der Waals surface area (Å²) in [6.45, 7) is 6.44. The molecule has 0 aliphatic heterocycles. The minimum Gasteiger partial charge on any atom is -0.465 e. The van der Waals surface area contributed by atoms with Crippen molar-refractivity contribution in [1.29, 1.82) is 0 Å². The van der Waals surface area contributed by atoms with Crippen LogP contribution >= 0.6 is 11.8 Å². The molecule has 0 saturated heterocycles. The highest BCUT2D eigenvalue weighted by Gasteiger charge is 2.16. The maximum absolute atomic E-state index is 12.3. The lowest BCUT2D eigenvalue weighted by molar-refractivity contribution is -0.113. The van der Waals surface area contributed by atoms with E-state index in [1.54, 1.807) is 0 Å². The van der Waals surface area contributed by atoms with E-state index in [0.29, 0.717) is 5.69 Å². The lowest BCUT2D eigenvalue weighted by Crippen LogP contribution is -2.16. The van der Waals surface area contributed by atoms with Crippen LogP contribution in [0.4, 0.5) is 5.69 Å². The largest absolute Gasteiger partial charge is 0.465 e. The third-order valence-corrected chi connectivity index (χ3v) is 5.16. The molecule has 0 unspecified atom stereocenters. The molecule has 0 saturated carbocycles. The molecule has 0 bridgehead atoms. The summed E-state index contributed by atoms with van der Waals surface area (Å²) in [5.74, 6) is -1.29. The molecule has 0 aliphatic carbocycles. The fourth-order valence-corrected chi connectivity index (χ4v) is 3.27. The zero-order valence-electron chi connectivity index (χ0n) is 17.2. The molecule has 2 rings (SSSR count). The molecule has 0 aromatic heterocycles. The number of carbonyl (C=O) groups excluding carboxylic acids is 3. The molecular formula is C22H25NO5S. The topological polar surface area (TPSA) is 81.7 Å². The molecule has 6 nitrogen and oxygen atoms in total. The Morgan fingerprint density at radius 2 is 1.41 bits per heavy atom. The van der Waals surface area contributed by atoms with Gasteiger partial charge in [-0.2, -0.15) is 0 Å². The van der Waals surface area contributed by atoms with Crippen molar-refractivity contribution < 1.29 is 23.9 Å². The van der Waals surface area contributed by atoms with E-state index in [1.807, 2.05) is 12.1 Å². The van der Waals surface area contributed by atoms with Gasteiger partial charge < -0.3 is 14.8 Å². The Bertz CT molecular complexity index is 866. The van der Waals surface area contributed by atoms with Crippen LogP contribution in [0.3, 0.4) is 0 Å². The highest BCUT2D eigenvalue weighted by molar-refractivity contribution is 8.00. The second-order valence-corrected chi connectivity index (χ2v) is 8.44. The fraction of sp³-hybridized carbons (Fsp3) is 0.318. The number of benzene rings is 2. The number of thioether (sulfide) groups is 1. The normalized spacial score (nSPS) is 10.9. The molecule has 7 heteroatoms. The summed E-state index contributed by atoms with van der Waals surface area (Å²) in [5.41, 5.74) is 1.92. The second kappa shape index (κ2) is 9.60. The SMILES string of the molecule is COC(=O)c1cc(NC(=O)CSc2ccc(C(C)(C)C)cc2)cc(C(=O)OC)c1. The summed E-state index contributed by atoms with van der Waals surface area (Å²) >= 11 is 1.40. The Kier molecular flexibility index (Phi) is 7.45. The molecule has 2 aromatic carbocycles. The first-order valence-corrected chi connectivity index (χ1v) is 9.97. The first-order chi connectivity index (χ1) is 13.6. The van der Waals surface area contributed by atoms with Gasteiger partial charge in [0.1, 0.15) is 0 Å². The molecule has 0 fully saturated rings. The minimum absolute atomic E-state index is 0.0720. The van der Waals surface area contributed by atoms with Crippen LogP contribution in [0.2, 0.25) is 0 Å². The average molecular weight is 416 g/mol. The minimum atomic E-state index is -0.612. The van der Waals surface area contributed by atoms with E-state index in [-0.39, 0.29) is 28.2 Å². The van der Waals surface area contributed by atoms with Crippen LogP contribution in [0.15, 0.2) is 47.4 Å². The molecule has 0 aliphatic rings. The van der Waals surface area contributed by atoms with E-state index in [9.17, 15) is 14.4 Å². The van der Waals surface area contributed by atoms with Gasteiger partial charge in [0.05, 0.1) is 31.1 Å². The van der Waals surface area contributed by atoms with E-state index in [4.69, 9.17) is 9.47 Å². The lowest BCUT2D eigenvalue weighted by atomic mass is 9.87. The summed E-state index contributed by atoms with van der Waals surface area (Å²) in [6.07, 6.45) is 0. The summed E-state index contributed by atoms with van der Waals surface area (Å²) in [5, 5.41) is 2.71. The van der Waals surface area contributed by atoms with Crippen molar-refractivity contribution in [3.63, 3.8) is 0 Å². The highest BCUT2D eigenvalue weighted by Crippen LogP contribution is 2.26. The van der Waals surface area contributed by atoms with Gasteiger partial charge in [0.15, 0.2) is 0 Å². The van der Waals surface area contributed by atoms with Crippen molar-refractivity contribution in [2.45, 2.75) is 31.1 Å². The molecule has 1 N–H and O–H groups in total. The van der Waals surface area contributed by atoms with Crippen molar-refractivity contribution in [1.82, 2.24) is 0 Å². The highest BCUT2D eigenvalue weighted by atomic mass is 32.2. The number of nitrogens with one attached hydrogen (secondary N) is 1. The summed E-state index contributed by atoms with van der Waals surface area (Å²) in [7, 11) is 2.49. The quantitative estimate of drug-likeness (QED) is 0.560. The number of methoxy groups -OCH3 is 2. The molecule has 154 valence electrons. The van der Waals surface area contributed by atoms with Gasteiger partial charge >= 0.3 is 11.9 Å². The van der Waals surface area contributed by atoms with Crippen LogP contribution in [0, 0.1) is 0 Å². The third kappa shape index (κ3) is 6.35. The van der Waals surface area contributed by atoms with Gasteiger partial charge in [-0.15, -0.1) is 11.8 Å². The number of amides is 1. The van der Waals surface area contributed by atoms with Crippen molar-refractivity contribution in [3.05, 3.63) is 59.2 Å². The smallest absolute Gasteiger partial charge is 0.337 e. The molecule has 29 heavy (non-hydrogen) atoms. The monoisotopic (exact) mass is 415 g/mol. The van der Waals surface area contributed by atoms with Crippen LogP contribution in [-0.2, 0) is 19.7 Å². The van der Waals surface area contributed by atoms with Gasteiger partial charge in [0, 0.05) is 10.6 Å². The number of rotatable bonds is 6. The Labute approximate surface area is 175 Å². The Hall–Kier alpha value is -2.80. The summed E-state index contributed by atoms with van der Waals surface area (Å²) < 4.78 is 9.39. The van der Waals surface area contributed by atoms with Crippen LogP contribution < -0.4 is 5.32 Å². The van der Waals surface area contributed by atoms with E-state index < -0.39 is 11.9 Å². The van der Waals surface area contributed by atoms with Crippen LogP contribution in [0.1, 0.15) is 47.1 Å². The predicted octanol–water partition coefficient (Wildman–Crippen LogP) is 4.29. The Morgan fingerprint density at radius 1 is 0.897 bits per heavy atom. The van der Waals surface area contributed by atoms with E-state index in [1.165, 1.54) is 49.7 Å². The second-order valence-electron chi connectivity index (χ2n) is 7.39. The predicted molar refractivity (Wildman–Crippen MR) is 114 cm³/mol. The standard InChI is InChI=1S/C22H25NO5S/c1-22(2,3)16-6-8-18(9-7-16)29-13-19(24)23-17-11-14(20(25)27-4)10-15(12-17)21(26)28-5/h6-12H,13H2,1-5H3,(H,23,24). The fourth-order valence-electron chi connectivity index (χ4n) is 2.57. The van der Waals surface area contributed by atoms with Gasteiger partial charge in [-0.25, -0.2) is 9.59 Å². The number of hydrogen-bond acceptors (Lipinski definition) is 6. The summed E-state index contributed by atoms with van der Waals surface area (Å²) in [4.78, 5) is 37.0. The molecule has 0 radical (unpaired) electrons. The van der Waals surface area contributed by atoms with Crippen molar-refractivity contribution in [3.8, 4) is 0 Å². The van der Waals surface area contributed by atoms with Gasteiger partial charge in [0.2, 0.25) is 5.91 Å². The first kappa shape index (κ1) is 22.5. The Balaban J connectivity index is 2.07. The number of carbonyl (C=O) groups is 3. The first-order valence-electron chi connectivity index (χ1n) is 8.99. The van der Waals surface area contributed by atoms with E-state index >= 15 is 0 Å². The van der Waals surface area contributed by atoms with Crippen LogP contribution in [0.5, 0.6) is 0 Å². The van der Waals surface area contributed by atoms with Gasteiger partial charge in [-0.3, -0.25) is 4.79 Å². The van der Waals surface area contributed by atoms with Gasteiger partial charge in [0.25, 0.3) is 0 Å². The molecule has 0 heterocycles. The molecule has 2 aromatic rings. The number of anilines is 1. The maximum Gasteiger partial charge on any atom is 0.337 e. The third-order valence-electron chi connectivity index (χ3n) is 4.15.